The number of hydrogen-bond acceptors (Lipinski definition) is 1. The highest BCUT2D eigenvalue weighted by molar-refractivity contribution is 5.91. The van der Waals surface area contributed by atoms with E-state index in [4.69, 9.17) is 5.73 Å². The van der Waals surface area contributed by atoms with Gasteiger partial charge in [0.1, 0.15) is 0 Å². The summed E-state index contributed by atoms with van der Waals surface area (Å²) in [5, 5.41) is 1.38. The molecule has 0 radical (unpaired) electrons. The highest BCUT2D eigenvalue weighted by Crippen LogP contribution is 2.34. The van der Waals surface area contributed by atoms with E-state index in [1.165, 1.54) is 45.3 Å². The van der Waals surface area contributed by atoms with Crippen molar-refractivity contribution < 1.29 is 0 Å². The predicted octanol–water partition coefficient (Wildman–Crippen LogP) is 5.94. The summed E-state index contributed by atoms with van der Waals surface area (Å²) in [6, 6.07) is 15.8. The van der Waals surface area contributed by atoms with E-state index in [2.05, 4.69) is 68.2 Å². The van der Waals surface area contributed by atoms with Gasteiger partial charge in [0, 0.05) is 16.6 Å². The van der Waals surface area contributed by atoms with Crippen LogP contribution in [0.4, 0.5) is 0 Å². The number of nitrogens with two attached hydrogens (primary N) is 1. The molecule has 2 aromatic carbocycles. The van der Waals surface area contributed by atoms with Crippen molar-refractivity contribution in [2.75, 3.05) is 6.54 Å². The lowest BCUT2D eigenvalue weighted by Crippen LogP contribution is -1.99. The van der Waals surface area contributed by atoms with Crippen LogP contribution in [-0.4, -0.2) is 11.5 Å². The zero-order chi connectivity index (χ0) is 17.8. The Labute approximate surface area is 151 Å². The molecule has 0 amide bonds. The lowest BCUT2D eigenvalue weighted by molar-refractivity contribution is 0.734. The van der Waals surface area contributed by atoms with E-state index >= 15 is 0 Å². The first-order valence-corrected chi connectivity index (χ1v) is 9.55. The Balaban J connectivity index is 2.10. The Morgan fingerprint density at radius 1 is 1.04 bits per heavy atom. The molecule has 1 aromatic heterocycles. The average Bonchev–Trinajstić information content (AvgIpc) is 3.00. The summed E-state index contributed by atoms with van der Waals surface area (Å²) in [6.07, 6.45) is 4.45. The van der Waals surface area contributed by atoms with Crippen molar-refractivity contribution in [3.63, 3.8) is 0 Å². The molecule has 1 unspecified atom stereocenters. The minimum atomic E-state index is 0.596. The fourth-order valence-corrected chi connectivity index (χ4v) is 3.48. The van der Waals surface area contributed by atoms with Gasteiger partial charge in [0.2, 0.25) is 0 Å². The number of aromatic amines is 1. The molecule has 0 aliphatic heterocycles. The summed E-state index contributed by atoms with van der Waals surface area (Å²) in [5.74, 6) is 0.596. The molecule has 0 aliphatic rings. The van der Waals surface area contributed by atoms with E-state index < -0.39 is 0 Å². The smallest absolute Gasteiger partial charge is 0.0497 e. The van der Waals surface area contributed by atoms with Crippen LogP contribution < -0.4 is 5.73 Å². The van der Waals surface area contributed by atoms with Gasteiger partial charge < -0.3 is 10.7 Å². The highest BCUT2D eigenvalue weighted by Gasteiger charge is 2.14. The molecule has 1 atom stereocenters. The summed E-state index contributed by atoms with van der Waals surface area (Å²) < 4.78 is 0. The lowest BCUT2D eigenvalue weighted by Gasteiger charge is -2.10. The molecule has 0 fully saturated rings. The number of aromatic nitrogens is 1. The zero-order valence-electron chi connectivity index (χ0n) is 15.7. The van der Waals surface area contributed by atoms with Gasteiger partial charge in [-0.05, 0) is 73.9 Å². The molecular formula is C23H30N2. The van der Waals surface area contributed by atoms with Gasteiger partial charge in [0.25, 0.3) is 0 Å². The van der Waals surface area contributed by atoms with E-state index in [9.17, 15) is 0 Å². The Hall–Kier alpha value is -2.06. The van der Waals surface area contributed by atoms with Crippen LogP contribution in [0.3, 0.4) is 0 Å². The molecule has 0 aliphatic carbocycles. The maximum atomic E-state index is 5.72. The van der Waals surface area contributed by atoms with Gasteiger partial charge >= 0.3 is 0 Å². The number of H-pyrrole nitrogens is 1. The van der Waals surface area contributed by atoms with Gasteiger partial charge in [-0.2, -0.15) is 0 Å². The van der Waals surface area contributed by atoms with E-state index in [0.717, 1.165) is 25.8 Å². The SMILES string of the molecule is CCC(C)c1ccc2[nH]c(-c3ccc(C)cc3)c(CCCCN)c2c1. The molecule has 132 valence electrons. The second kappa shape index (κ2) is 7.88. The van der Waals surface area contributed by atoms with E-state index in [1.807, 2.05) is 0 Å². The van der Waals surface area contributed by atoms with Crippen molar-refractivity contribution in [1.29, 1.82) is 0 Å². The molecule has 3 N–H and O–H groups in total. The number of rotatable bonds is 7. The van der Waals surface area contributed by atoms with Crippen molar-refractivity contribution in [2.24, 2.45) is 5.73 Å². The van der Waals surface area contributed by atoms with Crippen LogP contribution in [0, 0.1) is 6.92 Å². The first-order chi connectivity index (χ1) is 12.1. The highest BCUT2D eigenvalue weighted by atomic mass is 14.7. The van der Waals surface area contributed by atoms with Crippen LogP contribution in [0.2, 0.25) is 0 Å². The number of benzene rings is 2. The van der Waals surface area contributed by atoms with Crippen molar-refractivity contribution >= 4 is 10.9 Å². The first-order valence-electron chi connectivity index (χ1n) is 9.55. The van der Waals surface area contributed by atoms with Crippen LogP contribution >= 0.6 is 0 Å². The maximum Gasteiger partial charge on any atom is 0.0497 e. The standard InChI is InChI=1S/C23H30N2/c1-4-17(3)19-12-13-22-21(15-19)20(7-5-6-14-24)23(25-22)18-10-8-16(2)9-11-18/h8-13,15,17,25H,4-7,14,24H2,1-3H3. The Bertz CT molecular complexity index is 827. The summed E-state index contributed by atoms with van der Waals surface area (Å²) in [6.45, 7) is 7.46. The zero-order valence-corrected chi connectivity index (χ0v) is 15.7. The Kier molecular flexibility index (Phi) is 5.60. The monoisotopic (exact) mass is 334 g/mol. The van der Waals surface area contributed by atoms with Gasteiger partial charge in [-0.15, -0.1) is 0 Å². The number of unbranched alkanes of at least 4 members (excludes halogenated alkanes) is 1. The summed E-state index contributed by atoms with van der Waals surface area (Å²) in [4.78, 5) is 3.68. The number of hydrogen-bond donors (Lipinski definition) is 2. The van der Waals surface area contributed by atoms with Crippen LogP contribution in [-0.2, 0) is 6.42 Å². The molecule has 3 aromatic rings. The van der Waals surface area contributed by atoms with Crippen LogP contribution in [0.1, 0.15) is 55.7 Å². The molecule has 1 heterocycles. The fraction of sp³-hybridized carbons (Fsp3) is 0.391. The normalized spacial score (nSPS) is 12.6. The van der Waals surface area contributed by atoms with Crippen molar-refractivity contribution in [1.82, 2.24) is 4.98 Å². The van der Waals surface area contributed by atoms with Crippen molar-refractivity contribution in [2.45, 2.75) is 52.4 Å². The predicted molar refractivity (Wildman–Crippen MR) is 109 cm³/mol. The molecule has 0 saturated heterocycles. The largest absolute Gasteiger partial charge is 0.354 e. The summed E-state index contributed by atoms with van der Waals surface area (Å²) in [5.41, 5.74) is 13.7. The molecule has 25 heavy (non-hydrogen) atoms. The van der Waals surface area contributed by atoms with Crippen LogP contribution in [0.15, 0.2) is 42.5 Å². The topological polar surface area (TPSA) is 41.8 Å². The fourth-order valence-electron chi connectivity index (χ4n) is 3.48. The third kappa shape index (κ3) is 3.80. The summed E-state index contributed by atoms with van der Waals surface area (Å²) in [7, 11) is 0. The second-order valence-corrected chi connectivity index (χ2v) is 7.20. The summed E-state index contributed by atoms with van der Waals surface area (Å²) >= 11 is 0. The van der Waals surface area contributed by atoms with E-state index in [0.29, 0.717) is 5.92 Å². The van der Waals surface area contributed by atoms with Gasteiger partial charge in [-0.1, -0.05) is 49.7 Å². The van der Waals surface area contributed by atoms with Gasteiger partial charge in [0.05, 0.1) is 0 Å². The third-order valence-corrected chi connectivity index (χ3v) is 5.33. The molecule has 2 heteroatoms. The molecule has 0 spiro atoms. The first kappa shape index (κ1) is 17.8. The Morgan fingerprint density at radius 3 is 2.48 bits per heavy atom. The maximum absolute atomic E-state index is 5.72. The molecule has 2 nitrogen and oxygen atoms in total. The third-order valence-electron chi connectivity index (χ3n) is 5.33. The van der Waals surface area contributed by atoms with E-state index in [1.54, 1.807) is 0 Å². The van der Waals surface area contributed by atoms with Gasteiger partial charge in [-0.3, -0.25) is 0 Å². The number of aryl methyl sites for hydroxylation is 2. The quantitative estimate of drug-likeness (QED) is 0.516. The molecule has 0 saturated carbocycles. The van der Waals surface area contributed by atoms with Crippen molar-refractivity contribution in [3.05, 3.63) is 59.2 Å². The molecule has 0 bridgehead atoms. The van der Waals surface area contributed by atoms with Gasteiger partial charge in [-0.25, -0.2) is 0 Å². The Morgan fingerprint density at radius 2 is 1.80 bits per heavy atom. The number of fused-ring (bicyclic) bond motifs is 1. The van der Waals surface area contributed by atoms with Gasteiger partial charge in [0.15, 0.2) is 0 Å². The minimum absolute atomic E-state index is 0.596. The second-order valence-electron chi connectivity index (χ2n) is 7.20. The lowest BCUT2D eigenvalue weighted by atomic mass is 9.94. The van der Waals surface area contributed by atoms with Crippen LogP contribution in [0.25, 0.3) is 22.2 Å². The van der Waals surface area contributed by atoms with Crippen LogP contribution in [0.5, 0.6) is 0 Å². The number of nitrogens with one attached hydrogen (secondary N) is 1. The molecular weight excluding hydrogens is 304 g/mol. The minimum Gasteiger partial charge on any atom is -0.354 e. The van der Waals surface area contributed by atoms with Crippen molar-refractivity contribution in [3.8, 4) is 11.3 Å². The average molecular weight is 335 g/mol. The van der Waals surface area contributed by atoms with E-state index in [-0.39, 0.29) is 0 Å². The molecule has 3 rings (SSSR count).